The van der Waals surface area contributed by atoms with Crippen LogP contribution >= 0.6 is 15.9 Å². The van der Waals surface area contributed by atoms with Crippen LogP contribution in [0, 0.1) is 6.92 Å². The van der Waals surface area contributed by atoms with E-state index < -0.39 is 0 Å². The fourth-order valence-corrected chi connectivity index (χ4v) is 3.72. The minimum atomic E-state index is 0.277. The molecular formula is C18H17BrN2. The number of aryl methyl sites for hydroxylation is 1. The van der Waals surface area contributed by atoms with Gasteiger partial charge >= 0.3 is 0 Å². The van der Waals surface area contributed by atoms with E-state index >= 15 is 0 Å². The highest BCUT2D eigenvalue weighted by Crippen LogP contribution is 2.35. The molecule has 1 aliphatic heterocycles. The highest BCUT2D eigenvalue weighted by Gasteiger charge is 2.26. The first-order valence-electron chi connectivity index (χ1n) is 7.32. The maximum atomic E-state index is 3.68. The van der Waals surface area contributed by atoms with E-state index in [1.165, 1.54) is 27.7 Å². The van der Waals surface area contributed by atoms with Gasteiger partial charge in [0.15, 0.2) is 0 Å². The van der Waals surface area contributed by atoms with Crippen LogP contribution in [0.15, 0.2) is 53.0 Å². The van der Waals surface area contributed by atoms with Crippen LogP contribution in [0.3, 0.4) is 0 Å². The molecule has 106 valence electrons. The fourth-order valence-electron chi connectivity index (χ4n) is 3.46. The van der Waals surface area contributed by atoms with Gasteiger partial charge in [0.1, 0.15) is 0 Å². The summed E-state index contributed by atoms with van der Waals surface area (Å²) in [5, 5.41) is 5.05. The molecule has 0 bridgehead atoms. The minimum absolute atomic E-state index is 0.277. The van der Waals surface area contributed by atoms with Crippen molar-refractivity contribution in [2.45, 2.75) is 19.5 Å². The average molecular weight is 341 g/mol. The molecule has 1 aliphatic rings. The van der Waals surface area contributed by atoms with E-state index in [4.69, 9.17) is 0 Å². The normalized spacial score (nSPS) is 17.9. The van der Waals surface area contributed by atoms with Crippen LogP contribution in [0.1, 0.15) is 22.9 Å². The highest BCUT2D eigenvalue weighted by molar-refractivity contribution is 9.10. The third kappa shape index (κ3) is 2.03. The Morgan fingerprint density at radius 3 is 2.67 bits per heavy atom. The van der Waals surface area contributed by atoms with Gasteiger partial charge in [-0.2, -0.15) is 0 Å². The zero-order valence-electron chi connectivity index (χ0n) is 11.9. The lowest BCUT2D eigenvalue weighted by molar-refractivity contribution is 0.473. The molecule has 1 atom stereocenters. The molecule has 0 radical (unpaired) electrons. The maximum absolute atomic E-state index is 3.68. The molecule has 2 aromatic carbocycles. The van der Waals surface area contributed by atoms with Crippen LogP contribution in [0.25, 0.3) is 10.9 Å². The molecule has 3 heteroatoms. The number of nitrogens with one attached hydrogen (secondary N) is 1. The van der Waals surface area contributed by atoms with Crippen LogP contribution in [0.5, 0.6) is 0 Å². The van der Waals surface area contributed by atoms with E-state index in [1.807, 2.05) is 0 Å². The highest BCUT2D eigenvalue weighted by atomic mass is 79.9. The summed E-state index contributed by atoms with van der Waals surface area (Å²) in [5.41, 5.74) is 5.48. The van der Waals surface area contributed by atoms with Gasteiger partial charge in [-0.3, -0.25) is 0 Å². The SMILES string of the molecule is Cc1c2n(c3ccccc13)CCNC2c1ccc(Br)cc1. The van der Waals surface area contributed by atoms with Crippen LogP contribution < -0.4 is 5.32 Å². The number of rotatable bonds is 1. The van der Waals surface area contributed by atoms with Crippen LogP contribution in [0.2, 0.25) is 0 Å². The molecule has 1 aromatic heterocycles. The fraction of sp³-hybridized carbons (Fsp3) is 0.222. The number of hydrogen-bond donors (Lipinski definition) is 1. The van der Waals surface area contributed by atoms with Crippen LogP contribution in [0.4, 0.5) is 0 Å². The van der Waals surface area contributed by atoms with Gasteiger partial charge in [0, 0.05) is 34.2 Å². The van der Waals surface area contributed by atoms with E-state index in [0.717, 1.165) is 17.6 Å². The third-order valence-electron chi connectivity index (χ3n) is 4.43. The van der Waals surface area contributed by atoms with Gasteiger partial charge in [-0.15, -0.1) is 0 Å². The maximum Gasteiger partial charge on any atom is 0.0734 e. The van der Waals surface area contributed by atoms with E-state index in [0.29, 0.717) is 0 Å². The van der Waals surface area contributed by atoms with Crippen molar-refractivity contribution in [1.82, 2.24) is 9.88 Å². The quantitative estimate of drug-likeness (QED) is 0.694. The van der Waals surface area contributed by atoms with Gasteiger partial charge in [-0.25, -0.2) is 0 Å². The molecule has 1 N–H and O–H groups in total. The Morgan fingerprint density at radius 2 is 1.86 bits per heavy atom. The number of nitrogens with zero attached hydrogens (tertiary/aromatic N) is 1. The molecule has 0 aliphatic carbocycles. The van der Waals surface area contributed by atoms with E-state index in [2.05, 4.69) is 81.3 Å². The molecule has 21 heavy (non-hydrogen) atoms. The van der Waals surface area contributed by atoms with E-state index in [1.54, 1.807) is 0 Å². The molecular weight excluding hydrogens is 324 g/mol. The largest absolute Gasteiger partial charge is 0.341 e. The second-order valence-electron chi connectivity index (χ2n) is 5.62. The Morgan fingerprint density at radius 1 is 1.10 bits per heavy atom. The van der Waals surface area contributed by atoms with Crippen molar-refractivity contribution in [2.24, 2.45) is 0 Å². The summed E-state index contributed by atoms with van der Waals surface area (Å²) in [6, 6.07) is 17.6. The molecule has 0 spiro atoms. The standard InChI is InChI=1S/C18H17BrN2/c1-12-15-4-2-3-5-16(15)21-11-10-20-17(18(12)21)13-6-8-14(19)9-7-13/h2-9,17,20H,10-11H2,1H3. The van der Waals surface area contributed by atoms with Gasteiger partial charge in [-0.1, -0.05) is 46.3 Å². The summed E-state index contributed by atoms with van der Waals surface area (Å²) in [7, 11) is 0. The predicted molar refractivity (Wildman–Crippen MR) is 90.7 cm³/mol. The lowest BCUT2D eigenvalue weighted by atomic mass is 9.99. The van der Waals surface area contributed by atoms with Crippen molar-refractivity contribution in [2.75, 3.05) is 6.54 Å². The summed E-state index contributed by atoms with van der Waals surface area (Å²) in [5.74, 6) is 0. The number of benzene rings is 2. The Kier molecular flexibility index (Phi) is 3.12. The number of hydrogen-bond acceptors (Lipinski definition) is 1. The van der Waals surface area contributed by atoms with Gasteiger partial charge in [-0.05, 0) is 36.2 Å². The molecule has 2 heterocycles. The Bertz CT molecular complexity index is 802. The summed E-state index contributed by atoms with van der Waals surface area (Å²) < 4.78 is 3.60. The van der Waals surface area contributed by atoms with Crippen LogP contribution in [-0.4, -0.2) is 11.1 Å². The summed E-state index contributed by atoms with van der Waals surface area (Å²) in [6.07, 6.45) is 0. The lowest BCUT2D eigenvalue weighted by Gasteiger charge is -2.28. The first kappa shape index (κ1) is 13.1. The van der Waals surface area contributed by atoms with Crippen molar-refractivity contribution in [3.63, 3.8) is 0 Å². The van der Waals surface area contributed by atoms with Crippen molar-refractivity contribution in [1.29, 1.82) is 0 Å². The smallest absolute Gasteiger partial charge is 0.0734 e. The van der Waals surface area contributed by atoms with Crippen molar-refractivity contribution >= 4 is 26.8 Å². The van der Waals surface area contributed by atoms with E-state index in [9.17, 15) is 0 Å². The molecule has 0 saturated carbocycles. The van der Waals surface area contributed by atoms with Gasteiger partial charge in [0.25, 0.3) is 0 Å². The van der Waals surface area contributed by atoms with Crippen molar-refractivity contribution in [3.8, 4) is 0 Å². The first-order chi connectivity index (χ1) is 10.3. The number of fused-ring (bicyclic) bond motifs is 3. The van der Waals surface area contributed by atoms with E-state index in [-0.39, 0.29) is 6.04 Å². The molecule has 4 rings (SSSR count). The monoisotopic (exact) mass is 340 g/mol. The van der Waals surface area contributed by atoms with Gasteiger partial charge in [0.2, 0.25) is 0 Å². The second-order valence-corrected chi connectivity index (χ2v) is 6.53. The summed E-state index contributed by atoms with van der Waals surface area (Å²) >= 11 is 3.52. The second kappa shape index (κ2) is 5.00. The average Bonchev–Trinajstić information content (AvgIpc) is 2.82. The molecule has 0 fully saturated rings. The lowest BCUT2D eigenvalue weighted by Crippen LogP contribution is -2.34. The summed E-state index contributed by atoms with van der Waals surface area (Å²) in [6.45, 7) is 4.29. The Labute approximate surface area is 132 Å². The minimum Gasteiger partial charge on any atom is -0.341 e. The van der Waals surface area contributed by atoms with Crippen molar-refractivity contribution < 1.29 is 0 Å². The van der Waals surface area contributed by atoms with Gasteiger partial charge in [0.05, 0.1) is 6.04 Å². The Balaban J connectivity index is 1.93. The number of halogens is 1. The van der Waals surface area contributed by atoms with Gasteiger partial charge < -0.3 is 9.88 Å². The molecule has 2 nitrogen and oxygen atoms in total. The first-order valence-corrected chi connectivity index (χ1v) is 8.11. The Hall–Kier alpha value is -1.58. The number of para-hydroxylation sites is 1. The third-order valence-corrected chi connectivity index (χ3v) is 4.96. The molecule has 0 saturated heterocycles. The predicted octanol–water partition coefficient (Wildman–Crippen LogP) is 4.40. The topological polar surface area (TPSA) is 17.0 Å². The zero-order chi connectivity index (χ0) is 14.4. The molecule has 0 amide bonds. The molecule has 3 aromatic rings. The van der Waals surface area contributed by atoms with Crippen molar-refractivity contribution in [3.05, 3.63) is 69.8 Å². The number of aromatic nitrogens is 1. The summed E-state index contributed by atoms with van der Waals surface area (Å²) in [4.78, 5) is 0. The van der Waals surface area contributed by atoms with Crippen LogP contribution in [-0.2, 0) is 6.54 Å². The zero-order valence-corrected chi connectivity index (χ0v) is 13.5. The molecule has 1 unspecified atom stereocenters.